The van der Waals surface area contributed by atoms with Crippen molar-refractivity contribution in [2.45, 2.75) is 0 Å². The lowest BCUT2D eigenvalue weighted by Gasteiger charge is -2.07. The molecule has 3 aromatic heterocycles. The van der Waals surface area contributed by atoms with Gasteiger partial charge in [0.2, 0.25) is 0 Å². The molecule has 21 heavy (non-hydrogen) atoms. The average Bonchev–Trinajstić information content (AvgIpc) is 2.94. The summed E-state index contributed by atoms with van der Waals surface area (Å²) in [6, 6.07) is 8.95. The first kappa shape index (κ1) is 12.0. The minimum Gasteiger partial charge on any atom is -0.328 e. The number of pyridine rings is 1. The van der Waals surface area contributed by atoms with Crippen LogP contribution >= 0.6 is 11.6 Å². The van der Waals surface area contributed by atoms with Gasteiger partial charge < -0.3 is 4.98 Å². The molecule has 0 aliphatic carbocycles. The van der Waals surface area contributed by atoms with E-state index in [4.69, 9.17) is 11.6 Å². The van der Waals surface area contributed by atoms with Crippen LogP contribution in [0, 0.1) is 0 Å². The first-order valence-electron chi connectivity index (χ1n) is 6.21. The molecule has 1 N–H and O–H groups in total. The van der Waals surface area contributed by atoms with Gasteiger partial charge in [0.25, 0.3) is 11.3 Å². The van der Waals surface area contributed by atoms with Crippen LogP contribution in [0.2, 0.25) is 5.02 Å². The van der Waals surface area contributed by atoms with Crippen LogP contribution in [-0.2, 0) is 0 Å². The summed E-state index contributed by atoms with van der Waals surface area (Å²) in [6.45, 7) is 0. The minimum absolute atomic E-state index is 0.220. The predicted molar refractivity (Wildman–Crippen MR) is 79.4 cm³/mol. The van der Waals surface area contributed by atoms with Gasteiger partial charge in [-0.2, -0.15) is 14.6 Å². The number of aromatic amines is 1. The van der Waals surface area contributed by atoms with E-state index >= 15 is 0 Å². The first-order chi connectivity index (χ1) is 10.2. The summed E-state index contributed by atoms with van der Waals surface area (Å²) in [5.74, 6) is 0.443. The van der Waals surface area contributed by atoms with E-state index in [-0.39, 0.29) is 5.56 Å². The SMILES string of the molecule is O=c1[nH]ccc2nc3ncnn3c(-c3ccc(Cl)cc3)c12. The molecule has 4 aromatic rings. The van der Waals surface area contributed by atoms with E-state index in [2.05, 4.69) is 20.1 Å². The average molecular weight is 298 g/mol. The van der Waals surface area contributed by atoms with Crippen molar-refractivity contribution in [3.05, 3.63) is 58.2 Å². The third-order valence-corrected chi connectivity index (χ3v) is 3.51. The van der Waals surface area contributed by atoms with Crippen LogP contribution in [0.25, 0.3) is 27.9 Å². The van der Waals surface area contributed by atoms with E-state index in [0.717, 1.165) is 5.56 Å². The highest BCUT2D eigenvalue weighted by molar-refractivity contribution is 6.30. The summed E-state index contributed by atoms with van der Waals surface area (Å²) in [7, 11) is 0. The van der Waals surface area contributed by atoms with Gasteiger partial charge in [0.1, 0.15) is 6.33 Å². The molecule has 0 bridgehead atoms. The number of fused-ring (bicyclic) bond motifs is 2. The Hall–Kier alpha value is -2.73. The van der Waals surface area contributed by atoms with E-state index in [1.54, 1.807) is 28.9 Å². The van der Waals surface area contributed by atoms with Gasteiger partial charge in [-0.25, -0.2) is 4.98 Å². The van der Waals surface area contributed by atoms with E-state index in [1.807, 2.05) is 12.1 Å². The number of nitrogens with one attached hydrogen (secondary N) is 1. The molecule has 7 heteroatoms. The smallest absolute Gasteiger partial charge is 0.259 e. The zero-order chi connectivity index (χ0) is 14.4. The lowest BCUT2D eigenvalue weighted by Crippen LogP contribution is -2.10. The van der Waals surface area contributed by atoms with Gasteiger partial charge in [-0.3, -0.25) is 4.79 Å². The van der Waals surface area contributed by atoms with Gasteiger partial charge in [0.05, 0.1) is 16.6 Å². The van der Waals surface area contributed by atoms with Gasteiger partial charge in [0.15, 0.2) is 0 Å². The van der Waals surface area contributed by atoms with Crippen molar-refractivity contribution < 1.29 is 0 Å². The Morgan fingerprint density at radius 2 is 1.95 bits per heavy atom. The van der Waals surface area contributed by atoms with Gasteiger partial charge >= 0.3 is 0 Å². The highest BCUT2D eigenvalue weighted by Gasteiger charge is 2.15. The molecular formula is C14H8ClN5O. The lowest BCUT2D eigenvalue weighted by molar-refractivity contribution is 0.958. The molecule has 0 atom stereocenters. The topological polar surface area (TPSA) is 75.9 Å². The molecule has 4 rings (SSSR count). The molecule has 0 unspecified atom stereocenters. The second kappa shape index (κ2) is 4.39. The zero-order valence-corrected chi connectivity index (χ0v) is 11.4. The number of rotatable bonds is 1. The van der Waals surface area contributed by atoms with Crippen LogP contribution < -0.4 is 5.56 Å². The van der Waals surface area contributed by atoms with Crippen LogP contribution in [0.15, 0.2) is 47.7 Å². The molecule has 6 nitrogen and oxygen atoms in total. The van der Waals surface area contributed by atoms with Crippen molar-refractivity contribution in [1.82, 2.24) is 24.6 Å². The summed E-state index contributed by atoms with van der Waals surface area (Å²) in [5, 5.41) is 5.26. The fraction of sp³-hybridized carbons (Fsp3) is 0. The summed E-state index contributed by atoms with van der Waals surface area (Å²) < 4.78 is 1.56. The van der Waals surface area contributed by atoms with Crippen LogP contribution in [0.5, 0.6) is 0 Å². The molecule has 0 saturated heterocycles. The molecule has 0 amide bonds. The predicted octanol–water partition coefficient (Wildman–Crippen LogP) is 2.29. The highest BCUT2D eigenvalue weighted by Crippen LogP contribution is 2.26. The Labute approximate surface area is 123 Å². The normalized spacial score (nSPS) is 11.3. The highest BCUT2D eigenvalue weighted by atomic mass is 35.5. The lowest BCUT2D eigenvalue weighted by atomic mass is 10.1. The molecule has 102 valence electrons. The van der Waals surface area contributed by atoms with Gasteiger partial charge in [0, 0.05) is 16.8 Å². The molecule has 0 aliphatic rings. The number of nitrogens with zero attached hydrogens (tertiary/aromatic N) is 4. The van der Waals surface area contributed by atoms with Crippen LogP contribution in [0.4, 0.5) is 0 Å². The third-order valence-electron chi connectivity index (χ3n) is 3.26. The Balaban J connectivity index is 2.24. The standard InChI is InChI=1S/C14H8ClN5O/c15-9-3-1-8(2-4-9)12-11-10(5-6-16-13(11)21)19-14-17-7-18-20(12)14/h1-7H,(H,16,21). The van der Waals surface area contributed by atoms with Crippen molar-refractivity contribution >= 4 is 28.3 Å². The molecular weight excluding hydrogens is 290 g/mol. The fourth-order valence-corrected chi connectivity index (χ4v) is 2.47. The number of benzene rings is 1. The Kier molecular flexibility index (Phi) is 2.52. The monoisotopic (exact) mass is 297 g/mol. The molecule has 0 radical (unpaired) electrons. The number of hydrogen-bond donors (Lipinski definition) is 1. The molecule has 3 heterocycles. The zero-order valence-electron chi connectivity index (χ0n) is 10.6. The van der Waals surface area contributed by atoms with Crippen molar-refractivity contribution in [2.75, 3.05) is 0 Å². The van der Waals surface area contributed by atoms with E-state index in [0.29, 0.717) is 27.4 Å². The van der Waals surface area contributed by atoms with E-state index in [1.165, 1.54) is 6.33 Å². The van der Waals surface area contributed by atoms with Crippen LogP contribution in [-0.4, -0.2) is 24.6 Å². The van der Waals surface area contributed by atoms with Crippen LogP contribution in [0.3, 0.4) is 0 Å². The molecule has 0 aliphatic heterocycles. The van der Waals surface area contributed by atoms with Gasteiger partial charge in [-0.05, 0) is 18.2 Å². The van der Waals surface area contributed by atoms with Crippen molar-refractivity contribution in [1.29, 1.82) is 0 Å². The summed E-state index contributed by atoms with van der Waals surface area (Å²) in [6.07, 6.45) is 2.98. The maximum Gasteiger partial charge on any atom is 0.259 e. The largest absolute Gasteiger partial charge is 0.328 e. The van der Waals surface area contributed by atoms with Crippen LogP contribution in [0.1, 0.15) is 0 Å². The molecule has 0 fully saturated rings. The summed E-state index contributed by atoms with van der Waals surface area (Å²) in [4.78, 5) is 23.3. The Bertz CT molecular complexity index is 1020. The van der Waals surface area contributed by atoms with E-state index in [9.17, 15) is 4.79 Å². The molecule has 0 spiro atoms. The maximum absolute atomic E-state index is 12.2. The van der Waals surface area contributed by atoms with Crippen molar-refractivity contribution in [3.63, 3.8) is 0 Å². The fourth-order valence-electron chi connectivity index (χ4n) is 2.35. The number of H-pyrrole nitrogens is 1. The Morgan fingerprint density at radius 3 is 2.76 bits per heavy atom. The summed E-state index contributed by atoms with van der Waals surface area (Å²) >= 11 is 5.93. The molecule has 1 aromatic carbocycles. The van der Waals surface area contributed by atoms with Crippen molar-refractivity contribution in [2.24, 2.45) is 0 Å². The van der Waals surface area contributed by atoms with E-state index < -0.39 is 0 Å². The second-order valence-corrected chi connectivity index (χ2v) is 4.94. The number of halogens is 1. The Morgan fingerprint density at radius 1 is 1.14 bits per heavy atom. The number of hydrogen-bond acceptors (Lipinski definition) is 4. The summed E-state index contributed by atoms with van der Waals surface area (Å²) in [5.41, 5.74) is 1.82. The number of aromatic nitrogens is 5. The molecule has 0 saturated carbocycles. The maximum atomic E-state index is 12.2. The van der Waals surface area contributed by atoms with Gasteiger partial charge in [-0.1, -0.05) is 23.7 Å². The van der Waals surface area contributed by atoms with Crippen molar-refractivity contribution in [3.8, 4) is 11.3 Å². The first-order valence-corrected chi connectivity index (χ1v) is 6.59. The second-order valence-electron chi connectivity index (χ2n) is 4.51. The third kappa shape index (κ3) is 1.80. The minimum atomic E-state index is -0.220. The van der Waals surface area contributed by atoms with Gasteiger partial charge in [-0.15, -0.1) is 0 Å². The quantitative estimate of drug-likeness (QED) is 0.585.